The van der Waals surface area contributed by atoms with Gasteiger partial charge in [0.25, 0.3) is 0 Å². The third-order valence-electron chi connectivity index (χ3n) is 0.933. The van der Waals surface area contributed by atoms with Gasteiger partial charge in [0.05, 0.1) is 6.26 Å². The molecule has 1 radical (unpaired) electrons. The second-order valence-corrected chi connectivity index (χ2v) is 1.69. The molecule has 0 atom stereocenters. The molecule has 0 saturated carbocycles. The summed E-state index contributed by atoms with van der Waals surface area (Å²) in [6.45, 7) is 0. The monoisotopic (exact) mass is 161 g/mol. The van der Waals surface area contributed by atoms with Crippen LogP contribution in [0.1, 0.15) is 5.76 Å². The summed E-state index contributed by atoms with van der Waals surface area (Å²) in [5, 5.41) is 8.18. The van der Waals surface area contributed by atoms with Crippen LogP contribution in [0.5, 0.6) is 0 Å². The van der Waals surface area contributed by atoms with Crippen molar-refractivity contribution >= 4 is 41.6 Å². The van der Waals surface area contributed by atoms with Crippen molar-refractivity contribution < 1.29 is 14.3 Å². The minimum Gasteiger partial charge on any atom is -0.478 e. The van der Waals surface area contributed by atoms with E-state index in [2.05, 4.69) is 0 Å². The average Bonchev–Trinajstić information content (AvgIpc) is 2.34. The van der Waals surface area contributed by atoms with Gasteiger partial charge in [-0.15, -0.1) is 0 Å². The van der Waals surface area contributed by atoms with Crippen LogP contribution in [0.25, 0.3) is 6.08 Å². The van der Waals surface area contributed by atoms with E-state index in [1.165, 1.54) is 12.3 Å². The van der Waals surface area contributed by atoms with E-state index in [9.17, 15) is 4.79 Å². The van der Waals surface area contributed by atoms with Gasteiger partial charge in [-0.05, 0) is 18.2 Å². The van der Waals surface area contributed by atoms with Gasteiger partial charge in [0.15, 0.2) is 0 Å². The van der Waals surface area contributed by atoms with Crippen LogP contribution in [0.15, 0.2) is 28.9 Å². The minimum absolute atomic E-state index is 0. The second kappa shape index (κ2) is 5.18. The van der Waals surface area contributed by atoms with E-state index in [1.807, 2.05) is 0 Å². The number of carboxylic acids is 1. The first kappa shape index (κ1) is 10.5. The van der Waals surface area contributed by atoms with Crippen molar-refractivity contribution in [1.29, 1.82) is 0 Å². The van der Waals surface area contributed by atoms with Gasteiger partial charge in [0, 0.05) is 35.6 Å². The summed E-state index contributed by atoms with van der Waals surface area (Å²) in [5.74, 6) is -0.432. The molecule has 11 heavy (non-hydrogen) atoms. The summed E-state index contributed by atoms with van der Waals surface area (Å²) >= 11 is 0. The molecule has 1 aromatic heterocycles. The first-order chi connectivity index (χ1) is 4.79. The van der Waals surface area contributed by atoms with E-state index >= 15 is 0 Å². The molecule has 4 heteroatoms. The SMILES string of the molecule is O=C(O)C=Cc1ccco1.[Na]. The largest absolute Gasteiger partial charge is 0.478 e. The maximum Gasteiger partial charge on any atom is 0.328 e. The van der Waals surface area contributed by atoms with E-state index in [-0.39, 0.29) is 29.6 Å². The molecular formula is C7H6NaO3. The number of carboxylic acid groups (broad SMARTS) is 1. The standard InChI is InChI=1S/C7H6O3.Na/c8-7(9)4-3-6-2-1-5-10-6;/h1-5H,(H,8,9);. The minimum atomic E-state index is -0.976. The van der Waals surface area contributed by atoms with Crippen LogP contribution in [0.2, 0.25) is 0 Å². The van der Waals surface area contributed by atoms with Gasteiger partial charge < -0.3 is 9.52 Å². The van der Waals surface area contributed by atoms with Crippen molar-refractivity contribution in [3.63, 3.8) is 0 Å². The Bertz CT molecular complexity index is 238. The molecule has 0 aliphatic heterocycles. The third-order valence-corrected chi connectivity index (χ3v) is 0.933. The quantitative estimate of drug-likeness (QED) is 0.520. The van der Waals surface area contributed by atoms with Crippen molar-refractivity contribution in [3.8, 4) is 0 Å². The Hall–Kier alpha value is -0.510. The van der Waals surface area contributed by atoms with E-state index < -0.39 is 5.97 Å². The van der Waals surface area contributed by atoms with Gasteiger partial charge in [-0.1, -0.05) is 0 Å². The molecule has 0 aromatic carbocycles. The van der Waals surface area contributed by atoms with Crippen LogP contribution in [0, 0.1) is 0 Å². The smallest absolute Gasteiger partial charge is 0.328 e. The van der Waals surface area contributed by atoms with Gasteiger partial charge in [0.2, 0.25) is 0 Å². The Morgan fingerprint density at radius 1 is 1.64 bits per heavy atom. The average molecular weight is 161 g/mol. The predicted molar refractivity (Wildman–Crippen MR) is 41.1 cm³/mol. The van der Waals surface area contributed by atoms with Gasteiger partial charge in [-0.3, -0.25) is 0 Å². The molecule has 0 saturated heterocycles. The Morgan fingerprint density at radius 2 is 2.36 bits per heavy atom. The normalized spacial score (nSPS) is 9.45. The molecule has 1 N–H and O–H groups in total. The van der Waals surface area contributed by atoms with E-state index in [0.717, 1.165) is 6.08 Å². The molecule has 0 aliphatic carbocycles. The van der Waals surface area contributed by atoms with Crippen molar-refractivity contribution in [3.05, 3.63) is 30.2 Å². The summed E-state index contributed by atoms with van der Waals surface area (Å²) in [6.07, 6.45) is 3.91. The molecule has 0 amide bonds. The van der Waals surface area contributed by atoms with Gasteiger partial charge in [0.1, 0.15) is 5.76 Å². The molecule has 1 aromatic rings. The van der Waals surface area contributed by atoms with Crippen molar-refractivity contribution in [2.45, 2.75) is 0 Å². The van der Waals surface area contributed by atoms with Crippen LogP contribution in [0.4, 0.5) is 0 Å². The van der Waals surface area contributed by atoms with E-state index in [4.69, 9.17) is 9.52 Å². The van der Waals surface area contributed by atoms with Gasteiger partial charge in [-0.25, -0.2) is 4.79 Å². The number of carbonyl (C=O) groups is 1. The zero-order valence-corrected chi connectivity index (χ0v) is 8.15. The number of hydrogen-bond acceptors (Lipinski definition) is 2. The van der Waals surface area contributed by atoms with Crippen molar-refractivity contribution in [1.82, 2.24) is 0 Å². The molecule has 3 nitrogen and oxygen atoms in total. The second-order valence-electron chi connectivity index (χ2n) is 1.69. The van der Waals surface area contributed by atoms with E-state index in [0.29, 0.717) is 5.76 Å². The first-order valence-corrected chi connectivity index (χ1v) is 2.73. The Morgan fingerprint density at radius 3 is 2.82 bits per heavy atom. The summed E-state index contributed by atoms with van der Waals surface area (Å²) < 4.78 is 4.83. The molecule has 0 unspecified atom stereocenters. The molecule has 0 aliphatic rings. The molecule has 0 spiro atoms. The first-order valence-electron chi connectivity index (χ1n) is 2.73. The molecular weight excluding hydrogens is 155 g/mol. The number of hydrogen-bond donors (Lipinski definition) is 1. The maximum atomic E-state index is 9.97. The van der Waals surface area contributed by atoms with E-state index in [1.54, 1.807) is 12.1 Å². The number of aliphatic carboxylic acids is 1. The fourth-order valence-corrected chi connectivity index (χ4v) is 0.540. The summed E-state index contributed by atoms with van der Waals surface area (Å²) in [5.41, 5.74) is 0. The molecule has 0 fully saturated rings. The molecule has 53 valence electrons. The summed E-state index contributed by atoms with van der Waals surface area (Å²) in [4.78, 5) is 9.97. The van der Waals surface area contributed by atoms with Crippen LogP contribution in [-0.4, -0.2) is 40.6 Å². The third kappa shape index (κ3) is 4.03. The zero-order chi connectivity index (χ0) is 7.40. The summed E-state index contributed by atoms with van der Waals surface area (Å²) in [7, 11) is 0. The number of furan rings is 1. The van der Waals surface area contributed by atoms with Crippen LogP contribution in [-0.2, 0) is 4.79 Å². The molecule has 1 heterocycles. The fraction of sp³-hybridized carbons (Fsp3) is 0. The van der Waals surface area contributed by atoms with Crippen LogP contribution in [0.3, 0.4) is 0 Å². The topological polar surface area (TPSA) is 50.4 Å². The Balaban J connectivity index is 0.000001000. The zero-order valence-electron chi connectivity index (χ0n) is 6.15. The van der Waals surface area contributed by atoms with Gasteiger partial charge >= 0.3 is 5.97 Å². The van der Waals surface area contributed by atoms with Crippen LogP contribution < -0.4 is 0 Å². The maximum absolute atomic E-state index is 9.97. The predicted octanol–water partition coefficient (Wildman–Crippen LogP) is 0.997. The van der Waals surface area contributed by atoms with Gasteiger partial charge in [-0.2, -0.15) is 0 Å². The Labute approximate surface area is 86.0 Å². The summed E-state index contributed by atoms with van der Waals surface area (Å²) in [6, 6.07) is 3.38. The number of rotatable bonds is 2. The molecule has 1 rings (SSSR count). The Kier molecular flexibility index (Phi) is 4.94. The fourth-order valence-electron chi connectivity index (χ4n) is 0.540. The molecule has 0 bridgehead atoms. The van der Waals surface area contributed by atoms with Crippen molar-refractivity contribution in [2.24, 2.45) is 0 Å². The van der Waals surface area contributed by atoms with Crippen LogP contribution >= 0.6 is 0 Å². The van der Waals surface area contributed by atoms with Crippen molar-refractivity contribution in [2.75, 3.05) is 0 Å².